The van der Waals surface area contributed by atoms with Crippen molar-refractivity contribution in [2.24, 2.45) is 0 Å². The zero-order valence-corrected chi connectivity index (χ0v) is 12.6. The third kappa shape index (κ3) is 3.09. The van der Waals surface area contributed by atoms with Gasteiger partial charge in [-0.25, -0.2) is 13.5 Å². The Kier molecular flexibility index (Phi) is 4.11. The Morgan fingerprint density at radius 3 is 2.78 bits per heavy atom. The number of hydrogen-bond donors (Lipinski definition) is 1. The van der Waals surface area contributed by atoms with Gasteiger partial charge in [-0.1, -0.05) is 5.92 Å². The number of fused-ring (bicyclic) bond motifs is 1. The molecule has 0 saturated carbocycles. The molecule has 1 heterocycles. The number of rotatable bonds is 2. The zero-order valence-electron chi connectivity index (χ0n) is 12.6. The van der Waals surface area contributed by atoms with E-state index < -0.39 is 11.6 Å². The Morgan fingerprint density at radius 1 is 1.35 bits per heavy atom. The highest BCUT2D eigenvalue weighted by Gasteiger charge is 2.26. The fourth-order valence-electron chi connectivity index (χ4n) is 2.90. The molecule has 2 aromatic rings. The third-order valence-electron chi connectivity index (χ3n) is 3.82. The Balaban J connectivity index is 1.96. The molecule has 0 radical (unpaired) electrons. The second kappa shape index (κ2) is 6.21. The van der Waals surface area contributed by atoms with Crippen LogP contribution < -0.4 is 5.32 Å². The first kappa shape index (κ1) is 15.2. The Labute approximate surface area is 132 Å². The first-order valence-electron chi connectivity index (χ1n) is 7.35. The van der Waals surface area contributed by atoms with Gasteiger partial charge in [0.15, 0.2) is 0 Å². The molecule has 0 spiro atoms. The molecule has 0 fully saturated rings. The zero-order chi connectivity index (χ0) is 16.4. The molecular weight excluding hydrogens is 300 g/mol. The van der Waals surface area contributed by atoms with Gasteiger partial charge in [0.2, 0.25) is 0 Å². The van der Waals surface area contributed by atoms with Gasteiger partial charge in [-0.05, 0) is 44.2 Å². The van der Waals surface area contributed by atoms with Crippen molar-refractivity contribution in [3.8, 4) is 17.5 Å². The third-order valence-corrected chi connectivity index (χ3v) is 3.82. The smallest absolute Gasteiger partial charge is 0.296 e. The van der Waals surface area contributed by atoms with E-state index in [-0.39, 0.29) is 11.9 Å². The average Bonchev–Trinajstić information content (AvgIpc) is 2.91. The molecule has 1 N–H and O–H groups in total. The minimum Gasteiger partial charge on any atom is -0.338 e. The van der Waals surface area contributed by atoms with Crippen LogP contribution in [0, 0.1) is 23.5 Å². The van der Waals surface area contributed by atoms with Gasteiger partial charge in [-0.3, -0.25) is 4.79 Å². The number of nitrogens with zero attached hydrogens (tertiary/aromatic N) is 2. The monoisotopic (exact) mass is 315 g/mol. The van der Waals surface area contributed by atoms with Crippen molar-refractivity contribution in [3.63, 3.8) is 0 Å². The predicted molar refractivity (Wildman–Crippen MR) is 80.8 cm³/mol. The van der Waals surface area contributed by atoms with E-state index in [1.165, 1.54) is 16.8 Å². The maximum absolute atomic E-state index is 13.4. The Bertz CT molecular complexity index is 797. The highest BCUT2D eigenvalue weighted by atomic mass is 19.1. The summed E-state index contributed by atoms with van der Waals surface area (Å²) in [6.45, 7) is 1.60. The molecule has 1 amide bonds. The SMILES string of the molecule is CC#CC(=O)N[C@H]1CCCc2c1cnn2-c1cc(F)cc(F)c1. The molecule has 1 aliphatic rings. The Morgan fingerprint density at radius 2 is 2.09 bits per heavy atom. The normalized spacial score (nSPS) is 16.2. The van der Waals surface area contributed by atoms with E-state index in [2.05, 4.69) is 22.3 Å². The predicted octanol–water partition coefficient (Wildman–Crippen LogP) is 2.67. The van der Waals surface area contributed by atoms with Gasteiger partial charge in [0.25, 0.3) is 5.91 Å². The largest absolute Gasteiger partial charge is 0.338 e. The van der Waals surface area contributed by atoms with Crippen molar-refractivity contribution in [1.29, 1.82) is 0 Å². The number of carbonyl (C=O) groups excluding carboxylic acids is 1. The van der Waals surface area contributed by atoms with Crippen molar-refractivity contribution < 1.29 is 13.6 Å². The fraction of sp³-hybridized carbons (Fsp3) is 0.294. The molecule has 0 unspecified atom stereocenters. The summed E-state index contributed by atoms with van der Waals surface area (Å²) in [5.74, 6) is 3.37. The molecule has 1 aliphatic carbocycles. The van der Waals surface area contributed by atoms with Crippen LogP contribution in [0.2, 0.25) is 0 Å². The Hall–Kier alpha value is -2.68. The van der Waals surface area contributed by atoms with Crippen LogP contribution in [0.3, 0.4) is 0 Å². The standard InChI is InChI=1S/C17H15F2N3O/c1-2-4-17(23)21-15-5-3-6-16-14(15)10-20-22(16)13-8-11(18)7-12(19)9-13/h7-10,15H,3,5-6H2,1H3,(H,21,23)/t15-/m0/s1. The van der Waals surface area contributed by atoms with Crippen molar-refractivity contribution in [1.82, 2.24) is 15.1 Å². The van der Waals surface area contributed by atoms with E-state index in [1.807, 2.05) is 0 Å². The lowest BCUT2D eigenvalue weighted by Crippen LogP contribution is -2.29. The van der Waals surface area contributed by atoms with Gasteiger partial charge in [-0.15, -0.1) is 0 Å². The van der Waals surface area contributed by atoms with Crippen LogP contribution in [0.25, 0.3) is 5.69 Å². The molecule has 0 bridgehead atoms. The number of aromatic nitrogens is 2. The number of benzene rings is 1. The lowest BCUT2D eigenvalue weighted by atomic mass is 9.93. The van der Waals surface area contributed by atoms with Crippen molar-refractivity contribution >= 4 is 5.91 Å². The summed E-state index contributed by atoms with van der Waals surface area (Å²) < 4.78 is 28.4. The lowest BCUT2D eigenvalue weighted by Gasteiger charge is -2.23. The van der Waals surface area contributed by atoms with E-state index in [9.17, 15) is 13.6 Å². The van der Waals surface area contributed by atoms with E-state index in [0.29, 0.717) is 5.69 Å². The van der Waals surface area contributed by atoms with Crippen molar-refractivity contribution in [2.45, 2.75) is 32.2 Å². The van der Waals surface area contributed by atoms with Crippen LogP contribution in [0.15, 0.2) is 24.4 Å². The van der Waals surface area contributed by atoms with Gasteiger partial charge < -0.3 is 5.32 Å². The second-order valence-corrected chi connectivity index (χ2v) is 5.38. The quantitative estimate of drug-likeness (QED) is 0.866. The first-order chi connectivity index (χ1) is 11.1. The second-order valence-electron chi connectivity index (χ2n) is 5.38. The molecule has 23 heavy (non-hydrogen) atoms. The summed E-state index contributed by atoms with van der Waals surface area (Å²) in [4.78, 5) is 11.7. The average molecular weight is 315 g/mol. The molecule has 0 aliphatic heterocycles. The van der Waals surface area contributed by atoms with Gasteiger partial charge in [0.1, 0.15) is 11.6 Å². The summed E-state index contributed by atoms with van der Waals surface area (Å²) in [7, 11) is 0. The van der Waals surface area contributed by atoms with Gasteiger partial charge in [-0.2, -0.15) is 5.10 Å². The van der Waals surface area contributed by atoms with Crippen LogP contribution in [0.1, 0.15) is 37.1 Å². The number of halogens is 2. The minimum absolute atomic E-state index is 0.181. The lowest BCUT2D eigenvalue weighted by molar-refractivity contribution is -0.116. The maximum atomic E-state index is 13.4. The first-order valence-corrected chi connectivity index (χ1v) is 7.35. The molecule has 6 heteroatoms. The van der Waals surface area contributed by atoms with E-state index in [1.54, 1.807) is 13.1 Å². The maximum Gasteiger partial charge on any atom is 0.296 e. The van der Waals surface area contributed by atoms with Crippen LogP contribution >= 0.6 is 0 Å². The number of hydrogen-bond acceptors (Lipinski definition) is 2. The molecule has 3 rings (SSSR count). The van der Waals surface area contributed by atoms with E-state index >= 15 is 0 Å². The topological polar surface area (TPSA) is 46.9 Å². The summed E-state index contributed by atoms with van der Waals surface area (Å²) in [6.07, 6.45) is 4.01. The van der Waals surface area contributed by atoms with Crippen LogP contribution in [0.4, 0.5) is 8.78 Å². The minimum atomic E-state index is -0.650. The van der Waals surface area contributed by atoms with E-state index in [0.717, 1.165) is 36.6 Å². The summed E-state index contributed by atoms with van der Waals surface area (Å²) in [6, 6.07) is 3.12. The number of amides is 1. The fourth-order valence-corrected chi connectivity index (χ4v) is 2.90. The molecule has 1 aromatic heterocycles. The number of carbonyl (C=O) groups is 1. The van der Waals surface area contributed by atoms with Gasteiger partial charge >= 0.3 is 0 Å². The van der Waals surface area contributed by atoms with Crippen LogP contribution in [-0.2, 0) is 11.2 Å². The molecule has 4 nitrogen and oxygen atoms in total. The van der Waals surface area contributed by atoms with Crippen molar-refractivity contribution in [2.75, 3.05) is 0 Å². The number of nitrogens with one attached hydrogen (secondary N) is 1. The summed E-state index contributed by atoms with van der Waals surface area (Å²) in [5.41, 5.74) is 2.06. The summed E-state index contributed by atoms with van der Waals surface area (Å²) >= 11 is 0. The van der Waals surface area contributed by atoms with Crippen LogP contribution in [0.5, 0.6) is 0 Å². The molecule has 1 atom stereocenters. The molecule has 1 aromatic carbocycles. The van der Waals surface area contributed by atoms with Crippen molar-refractivity contribution in [3.05, 3.63) is 47.3 Å². The van der Waals surface area contributed by atoms with Gasteiger partial charge in [0, 0.05) is 17.3 Å². The van der Waals surface area contributed by atoms with Crippen LogP contribution in [-0.4, -0.2) is 15.7 Å². The highest BCUT2D eigenvalue weighted by Crippen LogP contribution is 2.31. The van der Waals surface area contributed by atoms with E-state index in [4.69, 9.17) is 0 Å². The molecular formula is C17H15F2N3O. The molecule has 118 valence electrons. The molecule has 0 saturated heterocycles. The van der Waals surface area contributed by atoms with Gasteiger partial charge in [0.05, 0.1) is 17.9 Å². The summed E-state index contributed by atoms with van der Waals surface area (Å²) in [5, 5.41) is 7.10. The highest BCUT2D eigenvalue weighted by molar-refractivity contribution is 5.93.